The van der Waals surface area contributed by atoms with Crippen LogP contribution in [0.15, 0.2) is 164 Å². The summed E-state index contributed by atoms with van der Waals surface area (Å²) in [6.45, 7) is 2.52. The van der Waals surface area contributed by atoms with Gasteiger partial charge in [0, 0.05) is 23.5 Å². The van der Waals surface area contributed by atoms with Gasteiger partial charge in [0.25, 0.3) is 0 Å². The molecule has 0 aromatic heterocycles. The lowest BCUT2D eigenvalue weighted by atomic mass is 9.70. The molecule has 4 aliphatic rings. The highest BCUT2D eigenvalue weighted by atomic mass is 15.5. The van der Waals surface area contributed by atoms with Crippen molar-refractivity contribution in [2.24, 2.45) is 5.41 Å². The first-order chi connectivity index (χ1) is 25.1. The molecule has 5 atom stereocenters. The van der Waals surface area contributed by atoms with E-state index in [1.165, 1.54) is 65.7 Å². The Morgan fingerprint density at radius 1 is 0.608 bits per heavy atom. The van der Waals surface area contributed by atoms with Crippen molar-refractivity contribution in [2.75, 3.05) is 7.05 Å². The SMILES string of the molecule is CN1C2C=CC=C[C@H]2N(C2C=CC=CC2)C1C1(C)C=Cc2c(c(-c3ccc4ccccc4c3)c3ccccc3c2-c2ccc3ccccc3c2)C1. The number of allylic oxidation sites excluding steroid dienone is 4. The molecule has 0 saturated carbocycles. The molecule has 2 heteroatoms. The van der Waals surface area contributed by atoms with Gasteiger partial charge in [-0.15, -0.1) is 0 Å². The van der Waals surface area contributed by atoms with Crippen molar-refractivity contribution < 1.29 is 0 Å². The summed E-state index contributed by atoms with van der Waals surface area (Å²) in [4.78, 5) is 5.48. The van der Waals surface area contributed by atoms with Gasteiger partial charge in [-0.05, 0) is 97.7 Å². The highest BCUT2D eigenvalue weighted by Gasteiger charge is 2.53. The van der Waals surface area contributed by atoms with Crippen molar-refractivity contribution in [1.82, 2.24) is 9.80 Å². The molecule has 1 aliphatic heterocycles. The van der Waals surface area contributed by atoms with E-state index in [0.29, 0.717) is 18.1 Å². The van der Waals surface area contributed by atoms with Crippen LogP contribution < -0.4 is 0 Å². The van der Waals surface area contributed by atoms with Gasteiger partial charge < -0.3 is 0 Å². The summed E-state index contributed by atoms with van der Waals surface area (Å²) in [6.07, 6.45) is 25.8. The van der Waals surface area contributed by atoms with Crippen molar-refractivity contribution in [2.45, 2.75) is 44.1 Å². The van der Waals surface area contributed by atoms with Gasteiger partial charge in [-0.3, -0.25) is 9.80 Å². The number of fused-ring (bicyclic) bond motifs is 5. The normalized spacial score (nSPS) is 25.6. The fraction of sp³-hybridized carbons (Fsp3) is 0.184. The van der Waals surface area contributed by atoms with Gasteiger partial charge in [-0.1, -0.05) is 165 Å². The molecular formula is C49H42N2. The molecule has 10 rings (SSSR count). The van der Waals surface area contributed by atoms with Crippen molar-refractivity contribution >= 4 is 38.4 Å². The zero-order valence-corrected chi connectivity index (χ0v) is 29.3. The Kier molecular flexibility index (Phi) is 7.13. The molecule has 0 radical (unpaired) electrons. The van der Waals surface area contributed by atoms with Crippen LogP contribution in [0.1, 0.15) is 24.5 Å². The summed E-state index contributed by atoms with van der Waals surface area (Å²) in [6, 6.07) is 41.8. The maximum atomic E-state index is 2.82. The molecule has 1 fully saturated rings. The van der Waals surface area contributed by atoms with E-state index in [0.717, 1.165) is 12.8 Å². The summed E-state index contributed by atoms with van der Waals surface area (Å²) in [5.74, 6) is 0. The third-order valence-corrected chi connectivity index (χ3v) is 12.1. The fourth-order valence-corrected chi connectivity index (χ4v) is 9.87. The molecule has 0 bridgehead atoms. The van der Waals surface area contributed by atoms with E-state index >= 15 is 0 Å². The zero-order valence-electron chi connectivity index (χ0n) is 29.3. The molecule has 0 N–H and O–H groups in total. The molecule has 6 aromatic rings. The van der Waals surface area contributed by atoms with Crippen LogP contribution in [0.4, 0.5) is 0 Å². The molecule has 4 unspecified atom stereocenters. The minimum absolute atomic E-state index is 0.148. The maximum absolute atomic E-state index is 2.82. The number of rotatable bonds is 4. The third kappa shape index (κ3) is 4.85. The van der Waals surface area contributed by atoms with Gasteiger partial charge in [-0.2, -0.15) is 0 Å². The summed E-state index contributed by atoms with van der Waals surface area (Å²) in [5.41, 5.74) is 7.94. The Morgan fingerprint density at radius 2 is 1.20 bits per heavy atom. The van der Waals surface area contributed by atoms with E-state index in [1.807, 2.05) is 0 Å². The van der Waals surface area contributed by atoms with E-state index in [2.05, 4.69) is 194 Å². The second-order valence-corrected chi connectivity index (χ2v) is 15.2. The predicted molar refractivity (Wildman–Crippen MR) is 217 cm³/mol. The van der Waals surface area contributed by atoms with Crippen LogP contribution in [0.25, 0.3) is 60.6 Å². The highest BCUT2D eigenvalue weighted by molar-refractivity contribution is 6.11. The van der Waals surface area contributed by atoms with Crippen LogP contribution in [0, 0.1) is 5.41 Å². The Hall–Kier alpha value is -5.28. The Balaban J connectivity index is 1.22. The standard InChI is InChI=1S/C49H42N2/c1-49(48-50(2)44-22-12-13-23-45(44)51(48)39-18-4-3-5-19-39)29-28-42-43(32-49)47(38-27-25-34-15-7-9-17-36(34)31-38)41-21-11-10-20-40(41)46(42)37-26-24-33-14-6-8-16-35(33)30-37/h3-18,20-31,39,44-45,48H,19,32H2,1-2H3/t39?,44?,45-,48?,49?/m1/s1. The molecule has 1 heterocycles. The third-order valence-electron chi connectivity index (χ3n) is 12.1. The summed E-state index contributed by atoms with van der Waals surface area (Å²) < 4.78 is 0. The quantitative estimate of drug-likeness (QED) is 0.186. The Bertz CT molecular complexity index is 2510. The molecule has 3 aliphatic carbocycles. The number of hydrogen-bond donors (Lipinski definition) is 0. The van der Waals surface area contributed by atoms with E-state index in [4.69, 9.17) is 0 Å². The van der Waals surface area contributed by atoms with Crippen molar-refractivity contribution in [3.8, 4) is 22.3 Å². The van der Waals surface area contributed by atoms with Crippen LogP contribution in [0.2, 0.25) is 0 Å². The van der Waals surface area contributed by atoms with Gasteiger partial charge in [0.2, 0.25) is 0 Å². The molecule has 0 amide bonds. The zero-order chi connectivity index (χ0) is 34.1. The largest absolute Gasteiger partial charge is 0.282 e. The monoisotopic (exact) mass is 658 g/mol. The van der Waals surface area contributed by atoms with E-state index < -0.39 is 0 Å². The van der Waals surface area contributed by atoms with E-state index in [-0.39, 0.29) is 11.6 Å². The average Bonchev–Trinajstić information content (AvgIpc) is 3.49. The molecule has 51 heavy (non-hydrogen) atoms. The van der Waals surface area contributed by atoms with Gasteiger partial charge in [0.05, 0.1) is 6.17 Å². The number of benzene rings is 6. The molecule has 6 aromatic carbocycles. The number of hydrogen-bond acceptors (Lipinski definition) is 2. The van der Waals surface area contributed by atoms with Crippen molar-refractivity contribution in [1.29, 1.82) is 0 Å². The van der Waals surface area contributed by atoms with Crippen molar-refractivity contribution in [3.05, 3.63) is 175 Å². The first-order valence-corrected chi connectivity index (χ1v) is 18.5. The van der Waals surface area contributed by atoms with Gasteiger partial charge in [0.1, 0.15) is 0 Å². The van der Waals surface area contributed by atoms with Crippen LogP contribution in [-0.2, 0) is 6.42 Å². The maximum Gasteiger partial charge on any atom is 0.0730 e. The first kappa shape index (κ1) is 30.5. The van der Waals surface area contributed by atoms with Gasteiger partial charge in [0.15, 0.2) is 0 Å². The second-order valence-electron chi connectivity index (χ2n) is 15.2. The molecule has 1 saturated heterocycles. The number of nitrogens with zero attached hydrogens (tertiary/aromatic N) is 2. The Labute approximate surface area is 301 Å². The van der Waals surface area contributed by atoms with Crippen LogP contribution in [-0.4, -0.2) is 41.1 Å². The smallest absolute Gasteiger partial charge is 0.0730 e. The van der Waals surface area contributed by atoms with E-state index in [9.17, 15) is 0 Å². The van der Waals surface area contributed by atoms with Crippen LogP contribution in [0.5, 0.6) is 0 Å². The van der Waals surface area contributed by atoms with Gasteiger partial charge in [-0.25, -0.2) is 0 Å². The van der Waals surface area contributed by atoms with Crippen molar-refractivity contribution in [3.63, 3.8) is 0 Å². The van der Waals surface area contributed by atoms with Crippen LogP contribution in [0.3, 0.4) is 0 Å². The Morgan fingerprint density at radius 3 is 1.86 bits per heavy atom. The molecular weight excluding hydrogens is 617 g/mol. The minimum atomic E-state index is -0.148. The summed E-state index contributed by atoms with van der Waals surface area (Å²) in [7, 11) is 2.36. The fourth-order valence-electron chi connectivity index (χ4n) is 9.87. The summed E-state index contributed by atoms with van der Waals surface area (Å²) >= 11 is 0. The lowest BCUT2D eigenvalue weighted by Gasteiger charge is -2.47. The molecule has 2 nitrogen and oxygen atoms in total. The second kappa shape index (κ2) is 11.9. The first-order valence-electron chi connectivity index (χ1n) is 18.5. The minimum Gasteiger partial charge on any atom is -0.282 e. The summed E-state index contributed by atoms with van der Waals surface area (Å²) in [5, 5.41) is 7.74. The lowest BCUT2D eigenvalue weighted by molar-refractivity contribution is 0.0331. The van der Waals surface area contributed by atoms with E-state index in [1.54, 1.807) is 0 Å². The molecule has 0 spiro atoms. The van der Waals surface area contributed by atoms with Crippen LogP contribution >= 0.6 is 0 Å². The average molecular weight is 659 g/mol. The number of likely N-dealkylation sites (N-methyl/N-ethyl adjacent to an activating group) is 1. The predicted octanol–water partition coefficient (Wildman–Crippen LogP) is 11.4. The van der Waals surface area contributed by atoms with Gasteiger partial charge >= 0.3 is 0 Å². The molecule has 248 valence electrons. The topological polar surface area (TPSA) is 6.48 Å². The highest BCUT2D eigenvalue weighted by Crippen LogP contribution is 2.52. The lowest BCUT2D eigenvalue weighted by Crippen LogP contribution is -2.54.